The number of carbonyl (C=O) groups excluding carboxylic acids is 1. The van der Waals surface area contributed by atoms with Crippen molar-refractivity contribution in [1.29, 1.82) is 0 Å². The zero-order chi connectivity index (χ0) is 12.6. The first-order valence-electron chi connectivity index (χ1n) is 6.38. The van der Waals surface area contributed by atoms with E-state index in [0.29, 0.717) is 11.7 Å². The summed E-state index contributed by atoms with van der Waals surface area (Å²) in [6.07, 6.45) is 4.51. The molecule has 2 heteroatoms. The van der Waals surface area contributed by atoms with Gasteiger partial charge in [-0.1, -0.05) is 37.3 Å². The number of allylic oxidation sites excluding steroid dienone is 2. The van der Waals surface area contributed by atoms with Gasteiger partial charge in [0.2, 0.25) is 0 Å². The Morgan fingerprint density at radius 3 is 2.44 bits per heavy atom. The summed E-state index contributed by atoms with van der Waals surface area (Å²) in [5.41, 5.74) is 1.22. The SMILES string of the molecule is C/C=C1/CC[C@H](C[Si](C)(C)C)[C@@]1(C)C(C)=O. The molecule has 1 aliphatic rings. The van der Waals surface area contributed by atoms with Crippen molar-refractivity contribution >= 4 is 13.9 Å². The van der Waals surface area contributed by atoms with E-state index in [9.17, 15) is 4.79 Å². The van der Waals surface area contributed by atoms with E-state index in [4.69, 9.17) is 0 Å². The van der Waals surface area contributed by atoms with Gasteiger partial charge in [0.25, 0.3) is 0 Å². The van der Waals surface area contributed by atoms with Crippen molar-refractivity contribution in [2.75, 3.05) is 0 Å². The predicted molar refractivity (Wildman–Crippen MR) is 73.4 cm³/mol. The predicted octanol–water partition coefficient (Wildman–Crippen LogP) is 4.28. The first-order chi connectivity index (χ1) is 7.21. The van der Waals surface area contributed by atoms with E-state index in [1.807, 2.05) is 0 Å². The lowest BCUT2D eigenvalue weighted by Gasteiger charge is -2.34. The smallest absolute Gasteiger partial charge is 0.139 e. The zero-order valence-electron chi connectivity index (χ0n) is 11.7. The molecule has 1 nitrogen and oxygen atoms in total. The van der Waals surface area contributed by atoms with Gasteiger partial charge < -0.3 is 0 Å². The Bertz CT molecular complexity index is 311. The average Bonchev–Trinajstić information content (AvgIpc) is 2.42. The minimum atomic E-state index is -1.08. The van der Waals surface area contributed by atoms with E-state index in [0.717, 1.165) is 6.42 Å². The molecule has 16 heavy (non-hydrogen) atoms. The molecule has 0 heterocycles. The average molecular weight is 238 g/mol. The maximum atomic E-state index is 12.0. The number of Topliss-reactive ketones (excluding diaryl/α,β-unsaturated/α-hetero) is 1. The summed E-state index contributed by atoms with van der Waals surface area (Å²) in [6, 6.07) is 1.28. The molecule has 92 valence electrons. The van der Waals surface area contributed by atoms with Crippen LogP contribution in [0.15, 0.2) is 11.6 Å². The Labute approximate surface area is 101 Å². The highest BCUT2D eigenvalue weighted by Crippen LogP contribution is 2.51. The number of carbonyl (C=O) groups is 1. The highest BCUT2D eigenvalue weighted by molar-refractivity contribution is 6.76. The topological polar surface area (TPSA) is 17.1 Å². The minimum absolute atomic E-state index is 0.158. The molecule has 0 aromatic carbocycles. The summed E-state index contributed by atoms with van der Waals surface area (Å²) in [5.74, 6) is 0.948. The van der Waals surface area contributed by atoms with Crippen molar-refractivity contribution in [1.82, 2.24) is 0 Å². The van der Waals surface area contributed by atoms with E-state index in [2.05, 4.69) is 39.6 Å². The molecule has 0 aromatic heterocycles. The fraction of sp³-hybridized carbons (Fsp3) is 0.786. The normalized spacial score (nSPS) is 33.4. The van der Waals surface area contributed by atoms with Gasteiger partial charge in [-0.2, -0.15) is 0 Å². The van der Waals surface area contributed by atoms with Crippen LogP contribution >= 0.6 is 0 Å². The van der Waals surface area contributed by atoms with Gasteiger partial charge in [-0.15, -0.1) is 0 Å². The van der Waals surface area contributed by atoms with E-state index in [1.54, 1.807) is 6.92 Å². The first-order valence-corrected chi connectivity index (χ1v) is 10.1. The van der Waals surface area contributed by atoms with Crippen LogP contribution in [0, 0.1) is 11.3 Å². The minimum Gasteiger partial charge on any atom is -0.299 e. The molecular weight excluding hydrogens is 212 g/mol. The van der Waals surface area contributed by atoms with E-state index in [-0.39, 0.29) is 5.41 Å². The molecule has 1 aliphatic carbocycles. The molecule has 1 saturated carbocycles. The standard InChI is InChI=1S/C14H26OSi/c1-7-12-8-9-13(10-16(4,5)6)14(12,3)11(2)15/h7,13H,8-10H2,1-6H3/b12-7-/t13-,14+/m1/s1. The van der Waals surface area contributed by atoms with Gasteiger partial charge >= 0.3 is 0 Å². The molecule has 0 bridgehead atoms. The number of rotatable bonds is 3. The molecule has 0 amide bonds. The highest BCUT2D eigenvalue weighted by atomic mass is 28.3. The molecule has 0 spiro atoms. The Morgan fingerprint density at radius 1 is 1.50 bits per heavy atom. The van der Waals surface area contributed by atoms with Gasteiger partial charge in [0.1, 0.15) is 5.78 Å². The molecule has 2 atom stereocenters. The lowest BCUT2D eigenvalue weighted by atomic mass is 9.74. The molecule has 0 radical (unpaired) electrons. The molecule has 1 rings (SSSR count). The Hall–Kier alpha value is -0.373. The van der Waals surface area contributed by atoms with Crippen molar-refractivity contribution in [3.8, 4) is 0 Å². The van der Waals surface area contributed by atoms with E-state index >= 15 is 0 Å². The summed E-state index contributed by atoms with van der Waals surface area (Å²) in [5, 5.41) is 0. The lowest BCUT2D eigenvalue weighted by Crippen LogP contribution is -2.36. The molecule has 0 N–H and O–H groups in total. The summed E-state index contributed by atoms with van der Waals surface area (Å²) in [6.45, 7) is 13.2. The fourth-order valence-corrected chi connectivity index (χ4v) is 5.23. The third kappa shape index (κ3) is 2.48. The molecular formula is C14H26OSi. The monoisotopic (exact) mass is 238 g/mol. The lowest BCUT2D eigenvalue weighted by molar-refractivity contribution is -0.125. The molecule has 0 aliphatic heterocycles. The molecule has 0 aromatic rings. The fourth-order valence-electron chi connectivity index (χ4n) is 3.14. The van der Waals surface area contributed by atoms with Crippen LogP contribution in [0.2, 0.25) is 25.7 Å². The maximum absolute atomic E-state index is 12.0. The van der Waals surface area contributed by atoms with Crippen molar-refractivity contribution in [3.05, 3.63) is 11.6 Å². The van der Waals surface area contributed by atoms with Gasteiger partial charge in [-0.25, -0.2) is 0 Å². The van der Waals surface area contributed by atoms with Crippen LogP contribution in [0.3, 0.4) is 0 Å². The summed E-state index contributed by atoms with van der Waals surface area (Å²) in [4.78, 5) is 12.0. The second-order valence-electron chi connectivity index (χ2n) is 6.57. The van der Waals surface area contributed by atoms with E-state index < -0.39 is 8.07 Å². The Morgan fingerprint density at radius 2 is 2.06 bits per heavy atom. The second kappa shape index (κ2) is 4.48. The molecule has 0 saturated heterocycles. The second-order valence-corrected chi connectivity index (χ2v) is 12.1. The van der Waals surface area contributed by atoms with Gasteiger partial charge in [-0.3, -0.25) is 4.79 Å². The molecule has 0 unspecified atom stereocenters. The molecule has 1 fully saturated rings. The van der Waals surface area contributed by atoms with Crippen LogP contribution in [0.4, 0.5) is 0 Å². The van der Waals surface area contributed by atoms with Gasteiger partial charge in [0.15, 0.2) is 0 Å². The summed E-state index contributed by atoms with van der Waals surface area (Å²) >= 11 is 0. The van der Waals surface area contributed by atoms with Crippen LogP contribution in [0.25, 0.3) is 0 Å². The van der Waals surface area contributed by atoms with Gasteiger partial charge in [0.05, 0.1) is 0 Å². The van der Waals surface area contributed by atoms with Crippen molar-refractivity contribution in [2.45, 2.75) is 59.3 Å². The van der Waals surface area contributed by atoms with Gasteiger partial charge in [-0.05, 0) is 39.5 Å². The number of ketones is 1. The van der Waals surface area contributed by atoms with Crippen LogP contribution in [-0.4, -0.2) is 13.9 Å². The Balaban J connectivity index is 3.00. The van der Waals surface area contributed by atoms with Gasteiger partial charge in [0, 0.05) is 13.5 Å². The third-order valence-corrected chi connectivity index (χ3v) is 5.90. The largest absolute Gasteiger partial charge is 0.299 e. The summed E-state index contributed by atoms with van der Waals surface area (Å²) < 4.78 is 0. The first kappa shape index (κ1) is 13.7. The van der Waals surface area contributed by atoms with Crippen LogP contribution < -0.4 is 0 Å². The quantitative estimate of drug-likeness (QED) is 0.530. The van der Waals surface area contributed by atoms with Crippen LogP contribution in [0.5, 0.6) is 0 Å². The summed E-state index contributed by atoms with van der Waals surface area (Å²) in [7, 11) is -1.08. The third-order valence-electron chi connectivity index (χ3n) is 4.18. The Kier molecular flexibility index (Phi) is 3.83. The number of hydrogen-bond acceptors (Lipinski definition) is 1. The van der Waals surface area contributed by atoms with Crippen molar-refractivity contribution in [3.63, 3.8) is 0 Å². The zero-order valence-corrected chi connectivity index (χ0v) is 12.7. The van der Waals surface area contributed by atoms with E-state index in [1.165, 1.54) is 18.0 Å². The van der Waals surface area contributed by atoms with Crippen molar-refractivity contribution < 1.29 is 4.79 Å². The highest BCUT2D eigenvalue weighted by Gasteiger charge is 2.46. The number of hydrogen-bond donors (Lipinski definition) is 0. The maximum Gasteiger partial charge on any atom is 0.139 e. The van der Waals surface area contributed by atoms with Crippen molar-refractivity contribution in [2.24, 2.45) is 11.3 Å². The van der Waals surface area contributed by atoms with Crippen LogP contribution in [-0.2, 0) is 4.79 Å². The van der Waals surface area contributed by atoms with Crippen LogP contribution in [0.1, 0.15) is 33.6 Å².